The number of aryl methyl sites for hydroxylation is 2. The smallest absolute Gasteiger partial charge is 0.338 e. The number of benzene rings is 2. The van der Waals surface area contributed by atoms with Gasteiger partial charge in [0.25, 0.3) is 0 Å². The SMILES string of the molecule is CC.CCC.CCc1cc(-c2nc3cc(C#Cc4cncnc4)c(C)cc3[nH]2)cc(C(F)(F)F)c1.[HH]. The Bertz CT molecular complexity index is 1300. The van der Waals surface area contributed by atoms with Crippen molar-refractivity contribution in [1.29, 1.82) is 0 Å². The van der Waals surface area contributed by atoms with Gasteiger partial charge in [0.15, 0.2) is 0 Å². The second-order valence-corrected chi connectivity index (χ2v) is 7.62. The molecule has 0 amide bonds. The van der Waals surface area contributed by atoms with Gasteiger partial charge < -0.3 is 4.98 Å². The fraction of sp³-hybridized carbons (Fsp3) is 0.321. The Kier molecular flexibility index (Phi) is 10.0. The molecule has 0 atom stereocenters. The number of aromatic nitrogens is 4. The lowest BCUT2D eigenvalue weighted by atomic mass is 10.0. The minimum atomic E-state index is -4.41. The molecule has 4 aromatic rings. The first-order valence-electron chi connectivity index (χ1n) is 11.7. The number of hydrogen-bond acceptors (Lipinski definition) is 3. The van der Waals surface area contributed by atoms with Gasteiger partial charge in [0.05, 0.1) is 22.2 Å². The van der Waals surface area contributed by atoms with Crippen LogP contribution in [0.4, 0.5) is 13.2 Å². The quantitative estimate of drug-likeness (QED) is 0.295. The van der Waals surface area contributed by atoms with E-state index in [1.165, 1.54) is 18.8 Å². The van der Waals surface area contributed by atoms with Crippen LogP contribution >= 0.6 is 0 Å². The number of hydrogen-bond donors (Lipinski definition) is 1. The predicted molar refractivity (Wildman–Crippen MR) is 138 cm³/mol. The summed E-state index contributed by atoms with van der Waals surface area (Å²) in [5, 5.41) is 0. The largest absolute Gasteiger partial charge is 0.416 e. The molecular formula is C28H33F3N4. The number of nitrogens with one attached hydrogen (secondary N) is 1. The molecule has 0 aliphatic carbocycles. The van der Waals surface area contributed by atoms with Crippen LogP contribution in [0.1, 0.15) is 70.3 Å². The number of fused-ring (bicyclic) bond motifs is 1. The van der Waals surface area contributed by atoms with Crippen LogP contribution in [-0.2, 0) is 12.6 Å². The Morgan fingerprint density at radius 3 is 2.20 bits per heavy atom. The van der Waals surface area contributed by atoms with Crippen molar-refractivity contribution in [3.8, 4) is 23.2 Å². The number of alkyl halides is 3. The molecule has 0 aliphatic rings. The first-order chi connectivity index (χ1) is 16.7. The second-order valence-electron chi connectivity index (χ2n) is 7.62. The minimum absolute atomic E-state index is 0. The van der Waals surface area contributed by atoms with Gasteiger partial charge >= 0.3 is 6.18 Å². The van der Waals surface area contributed by atoms with E-state index in [4.69, 9.17) is 0 Å². The lowest BCUT2D eigenvalue weighted by molar-refractivity contribution is -0.137. The summed E-state index contributed by atoms with van der Waals surface area (Å²) >= 11 is 0. The summed E-state index contributed by atoms with van der Waals surface area (Å²) in [5.74, 6) is 6.49. The van der Waals surface area contributed by atoms with E-state index in [2.05, 4.69) is 45.6 Å². The molecule has 0 bridgehead atoms. The topological polar surface area (TPSA) is 54.5 Å². The van der Waals surface area contributed by atoms with Crippen LogP contribution in [-0.4, -0.2) is 19.9 Å². The average Bonchev–Trinajstić information content (AvgIpc) is 3.27. The molecular weight excluding hydrogens is 449 g/mol. The van der Waals surface area contributed by atoms with E-state index in [0.717, 1.165) is 22.7 Å². The summed E-state index contributed by atoms with van der Waals surface area (Å²) in [6.45, 7) is 12.0. The zero-order valence-corrected chi connectivity index (χ0v) is 21.0. The molecule has 2 heterocycles. The molecule has 0 saturated carbocycles. The maximum absolute atomic E-state index is 13.3. The van der Waals surface area contributed by atoms with Crippen molar-refractivity contribution in [2.45, 2.75) is 60.6 Å². The molecule has 7 heteroatoms. The van der Waals surface area contributed by atoms with Gasteiger partial charge in [-0.2, -0.15) is 13.2 Å². The van der Waals surface area contributed by atoms with E-state index < -0.39 is 11.7 Å². The van der Waals surface area contributed by atoms with Crippen LogP contribution in [0.15, 0.2) is 49.1 Å². The predicted octanol–water partition coefficient (Wildman–Crippen LogP) is 8.00. The van der Waals surface area contributed by atoms with Gasteiger partial charge in [-0.15, -0.1) is 0 Å². The number of imidazole rings is 1. The van der Waals surface area contributed by atoms with Crippen LogP contribution in [0, 0.1) is 18.8 Å². The third-order valence-electron chi connectivity index (χ3n) is 4.73. The van der Waals surface area contributed by atoms with Crippen LogP contribution in [0.5, 0.6) is 0 Å². The second kappa shape index (κ2) is 12.7. The Morgan fingerprint density at radius 1 is 0.943 bits per heavy atom. The zero-order valence-electron chi connectivity index (χ0n) is 21.0. The molecule has 35 heavy (non-hydrogen) atoms. The lowest BCUT2D eigenvalue weighted by Gasteiger charge is -2.10. The third kappa shape index (κ3) is 7.41. The monoisotopic (exact) mass is 482 g/mol. The van der Waals surface area contributed by atoms with Gasteiger partial charge in [0, 0.05) is 24.9 Å². The molecule has 1 N–H and O–H groups in total. The molecule has 4 rings (SSSR count). The zero-order chi connectivity index (χ0) is 26.0. The van der Waals surface area contributed by atoms with Gasteiger partial charge in [-0.25, -0.2) is 15.0 Å². The number of rotatable bonds is 2. The highest BCUT2D eigenvalue weighted by molar-refractivity contribution is 5.82. The summed E-state index contributed by atoms with van der Waals surface area (Å²) in [7, 11) is 0. The summed E-state index contributed by atoms with van der Waals surface area (Å²) in [6.07, 6.45) is 2.02. The van der Waals surface area contributed by atoms with Crippen molar-refractivity contribution in [2.24, 2.45) is 0 Å². The summed E-state index contributed by atoms with van der Waals surface area (Å²) in [4.78, 5) is 15.5. The highest BCUT2D eigenvalue weighted by Crippen LogP contribution is 2.33. The van der Waals surface area contributed by atoms with E-state index in [-0.39, 0.29) is 1.43 Å². The van der Waals surface area contributed by atoms with Gasteiger partial charge in [-0.05, 0) is 54.8 Å². The fourth-order valence-corrected chi connectivity index (χ4v) is 3.14. The molecule has 4 nitrogen and oxygen atoms in total. The van der Waals surface area contributed by atoms with Crippen molar-refractivity contribution in [3.63, 3.8) is 0 Å². The first kappa shape index (κ1) is 27.6. The highest BCUT2D eigenvalue weighted by atomic mass is 19.4. The van der Waals surface area contributed by atoms with Gasteiger partial charge in [-0.1, -0.05) is 52.9 Å². The van der Waals surface area contributed by atoms with Crippen molar-refractivity contribution >= 4 is 11.0 Å². The van der Waals surface area contributed by atoms with Crippen molar-refractivity contribution < 1.29 is 14.6 Å². The third-order valence-corrected chi connectivity index (χ3v) is 4.73. The van der Waals surface area contributed by atoms with Crippen molar-refractivity contribution in [1.82, 2.24) is 19.9 Å². The first-order valence-corrected chi connectivity index (χ1v) is 11.7. The Labute approximate surface area is 206 Å². The van der Waals surface area contributed by atoms with Crippen molar-refractivity contribution in [2.75, 3.05) is 0 Å². The lowest BCUT2D eigenvalue weighted by Crippen LogP contribution is -2.06. The normalized spacial score (nSPS) is 10.4. The van der Waals surface area contributed by atoms with Crippen molar-refractivity contribution in [3.05, 3.63) is 76.9 Å². The number of aromatic amines is 1. The number of halogens is 3. The number of nitrogens with zero attached hydrogens (tertiary/aromatic N) is 3. The molecule has 0 unspecified atom stereocenters. The average molecular weight is 483 g/mol. The van der Waals surface area contributed by atoms with Crippen LogP contribution < -0.4 is 0 Å². The van der Waals surface area contributed by atoms with Crippen LogP contribution in [0.2, 0.25) is 0 Å². The number of H-pyrrole nitrogens is 1. The molecule has 0 saturated heterocycles. The van der Waals surface area contributed by atoms with E-state index in [9.17, 15) is 13.2 Å². The van der Waals surface area contributed by atoms with E-state index >= 15 is 0 Å². The fourth-order valence-electron chi connectivity index (χ4n) is 3.14. The van der Waals surface area contributed by atoms with Gasteiger partial charge in [0.2, 0.25) is 0 Å². The van der Waals surface area contributed by atoms with E-state index in [0.29, 0.717) is 34.5 Å². The molecule has 0 spiro atoms. The molecule has 0 aliphatic heterocycles. The summed E-state index contributed by atoms with van der Waals surface area (Å²) < 4.78 is 39.8. The maximum atomic E-state index is 13.3. The Hall–Kier alpha value is -3.66. The molecule has 0 radical (unpaired) electrons. The van der Waals surface area contributed by atoms with Crippen LogP contribution in [0.25, 0.3) is 22.4 Å². The molecule has 0 fully saturated rings. The maximum Gasteiger partial charge on any atom is 0.416 e. The molecule has 2 aromatic carbocycles. The summed E-state index contributed by atoms with van der Waals surface area (Å²) in [5.41, 5.74) is 4.12. The highest BCUT2D eigenvalue weighted by Gasteiger charge is 2.31. The Balaban J connectivity index is 0.00000101. The van der Waals surface area contributed by atoms with E-state index in [1.54, 1.807) is 18.5 Å². The summed E-state index contributed by atoms with van der Waals surface area (Å²) in [6, 6.07) is 7.76. The van der Waals surface area contributed by atoms with Gasteiger partial charge in [0.1, 0.15) is 12.2 Å². The standard InChI is InChI=1S/C23H17F3N4.C3H8.C2H6.H2/c1-3-15-7-18(9-19(8-15)23(24,25)26)22-29-20-6-14(2)17(10-21(20)30-22)5-4-16-11-27-13-28-12-16;1-3-2;1-2;/h6-13H,3H2,1-2H3,(H,29,30);3H2,1-2H3;1-2H3;1H. The van der Waals surface area contributed by atoms with Gasteiger partial charge in [-0.3, -0.25) is 0 Å². The Morgan fingerprint density at radius 2 is 1.60 bits per heavy atom. The molecule has 186 valence electrons. The van der Waals surface area contributed by atoms with Crippen LogP contribution in [0.3, 0.4) is 0 Å². The molecule has 2 aromatic heterocycles. The van der Waals surface area contributed by atoms with E-state index in [1.807, 2.05) is 39.8 Å². The minimum Gasteiger partial charge on any atom is -0.338 e.